The van der Waals surface area contributed by atoms with Gasteiger partial charge in [0.15, 0.2) is 0 Å². The van der Waals surface area contributed by atoms with Crippen LogP contribution >= 0.6 is 0 Å². The first-order chi connectivity index (χ1) is 7.15. The van der Waals surface area contributed by atoms with E-state index in [1.807, 2.05) is 0 Å². The molecule has 15 heavy (non-hydrogen) atoms. The van der Waals surface area contributed by atoms with E-state index in [9.17, 15) is 8.78 Å². The number of nitrogen functional groups attached to an aromatic ring is 1. The van der Waals surface area contributed by atoms with Crippen LogP contribution in [0.2, 0.25) is 0 Å². The average Bonchev–Trinajstić information content (AvgIpc) is 2.16. The molecule has 1 aromatic carbocycles. The van der Waals surface area contributed by atoms with Crippen molar-refractivity contribution in [2.24, 2.45) is 0 Å². The Morgan fingerprint density at radius 2 is 1.67 bits per heavy atom. The highest BCUT2D eigenvalue weighted by Gasteiger charge is 2.04. The van der Waals surface area contributed by atoms with Crippen LogP contribution in [0.3, 0.4) is 0 Å². The summed E-state index contributed by atoms with van der Waals surface area (Å²) in [5, 5.41) is 0. The van der Waals surface area contributed by atoms with Crippen LogP contribution in [-0.4, -0.2) is 4.98 Å². The van der Waals surface area contributed by atoms with Gasteiger partial charge in [-0.05, 0) is 24.3 Å². The molecule has 2 rings (SSSR count). The summed E-state index contributed by atoms with van der Waals surface area (Å²) in [6.45, 7) is 0. The molecule has 0 aliphatic rings. The number of benzene rings is 1. The standard InChI is InChI=1S/C11H8F2N2/c12-8-4-7(5-9(13)6-8)10-2-1-3-11(14)15-10/h1-6H,(H2,14,15). The molecule has 1 aromatic heterocycles. The van der Waals surface area contributed by atoms with E-state index in [1.165, 1.54) is 12.1 Å². The zero-order chi connectivity index (χ0) is 10.8. The maximum absolute atomic E-state index is 12.9. The molecule has 4 heteroatoms. The van der Waals surface area contributed by atoms with Crippen molar-refractivity contribution in [2.75, 3.05) is 5.73 Å². The predicted octanol–water partition coefficient (Wildman–Crippen LogP) is 2.61. The normalized spacial score (nSPS) is 10.3. The minimum atomic E-state index is -0.630. The van der Waals surface area contributed by atoms with E-state index >= 15 is 0 Å². The number of halogens is 2. The molecule has 0 atom stereocenters. The topological polar surface area (TPSA) is 38.9 Å². The summed E-state index contributed by atoms with van der Waals surface area (Å²) >= 11 is 0. The highest BCUT2D eigenvalue weighted by molar-refractivity contribution is 5.60. The number of nitrogens with zero attached hydrogens (tertiary/aromatic N) is 1. The Hall–Kier alpha value is -1.97. The van der Waals surface area contributed by atoms with Crippen molar-refractivity contribution < 1.29 is 8.78 Å². The van der Waals surface area contributed by atoms with Gasteiger partial charge in [-0.15, -0.1) is 0 Å². The Kier molecular flexibility index (Phi) is 2.33. The lowest BCUT2D eigenvalue weighted by Crippen LogP contribution is -1.92. The third kappa shape index (κ3) is 2.10. The van der Waals surface area contributed by atoms with E-state index in [-0.39, 0.29) is 0 Å². The molecule has 2 nitrogen and oxygen atoms in total. The predicted molar refractivity (Wildman–Crippen MR) is 54.0 cm³/mol. The molecule has 0 radical (unpaired) electrons. The quantitative estimate of drug-likeness (QED) is 0.778. The fourth-order valence-electron chi connectivity index (χ4n) is 1.31. The number of anilines is 1. The van der Waals surface area contributed by atoms with Crippen LogP contribution in [0.25, 0.3) is 11.3 Å². The van der Waals surface area contributed by atoms with Crippen LogP contribution in [-0.2, 0) is 0 Å². The number of hydrogen-bond acceptors (Lipinski definition) is 2. The first-order valence-corrected chi connectivity index (χ1v) is 4.34. The Morgan fingerprint density at radius 1 is 1.00 bits per heavy atom. The summed E-state index contributed by atoms with van der Waals surface area (Å²) in [7, 11) is 0. The summed E-state index contributed by atoms with van der Waals surface area (Å²) in [5.41, 5.74) is 6.30. The van der Waals surface area contributed by atoms with Gasteiger partial charge in [-0.2, -0.15) is 0 Å². The van der Waals surface area contributed by atoms with Crippen molar-refractivity contribution in [3.63, 3.8) is 0 Å². The number of rotatable bonds is 1. The lowest BCUT2D eigenvalue weighted by atomic mass is 10.1. The van der Waals surface area contributed by atoms with E-state index in [0.29, 0.717) is 17.1 Å². The molecule has 2 N–H and O–H groups in total. The van der Waals surface area contributed by atoms with Gasteiger partial charge in [-0.1, -0.05) is 6.07 Å². The zero-order valence-electron chi connectivity index (χ0n) is 7.74. The number of hydrogen-bond donors (Lipinski definition) is 1. The molecule has 76 valence electrons. The number of pyridine rings is 1. The molecule has 1 heterocycles. The first kappa shape index (κ1) is 9.58. The third-order valence-electron chi connectivity index (χ3n) is 1.93. The van der Waals surface area contributed by atoms with Gasteiger partial charge in [-0.3, -0.25) is 0 Å². The van der Waals surface area contributed by atoms with Crippen LogP contribution in [0.1, 0.15) is 0 Å². The second-order valence-electron chi connectivity index (χ2n) is 3.11. The monoisotopic (exact) mass is 206 g/mol. The highest BCUT2D eigenvalue weighted by atomic mass is 19.1. The molecule has 0 aliphatic heterocycles. The van der Waals surface area contributed by atoms with Gasteiger partial charge in [0.1, 0.15) is 17.5 Å². The fourth-order valence-corrected chi connectivity index (χ4v) is 1.31. The highest BCUT2D eigenvalue weighted by Crippen LogP contribution is 2.20. The molecule has 0 fully saturated rings. The average molecular weight is 206 g/mol. The van der Waals surface area contributed by atoms with E-state index in [2.05, 4.69) is 4.98 Å². The van der Waals surface area contributed by atoms with Gasteiger partial charge in [0, 0.05) is 11.6 Å². The third-order valence-corrected chi connectivity index (χ3v) is 1.93. The van der Waals surface area contributed by atoms with Gasteiger partial charge in [0.05, 0.1) is 5.69 Å². The van der Waals surface area contributed by atoms with Crippen molar-refractivity contribution in [2.45, 2.75) is 0 Å². The van der Waals surface area contributed by atoms with Crippen LogP contribution in [0.5, 0.6) is 0 Å². The fraction of sp³-hybridized carbons (Fsp3) is 0. The lowest BCUT2D eigenvalue weighted by Gasteiger charge is -2.02. The van der Waals surface area contributed by atoms with Crippen LogP contribution < -0.4 is 5.73 Å². The molecule has 0 bridgehead atoms. The van der Waals surface area contributed by atoms with Gasteiger partial charge < -0.3 is 5.73 Å². The zero-order valence-corrected chi connectivity index (χ0v) is 7.74. The molecular weight excluding hydrogens is 198 g/mol. The lowest BCUT2D eigenvalue weighted by molar-refractivity contribution is 0.584. The Bertz CT molecular complexity index is 477. The van der Waals surface area contributed by atoms with Crippen LogP contribution in [0.15, 0.2) is 36.4 Å². The van der Waals surface area contributed by atoms with Gasteiger partial charge >= 0.3 is 0 Å². The summed E-state index contributed by atoms with van der Waals surface area (Å²) in [4.78, 5) is 3.97. The van der Waals surface area contributed by atoms with E-state index in [0.717, 1.165) is 6.07 Å². The summed E-state index contributed by atoms with van der Waals surface area (Å²) in [6.07, 6.45) is 0. The SMILES string of the molecule is Nc1cccc(-c2cc(F)cc(F)c2)n1. The molecule has 0 amide bonds. The molecule has 0 unspecified atom stereocenters. The van der Waals surface area contributed by atoms with Gasteiger partial charge in [0.2, 0.25) is 0 Å². The molecule has 0 saturated heterocycles. The van der Waals surface area contributed by atoms with E-state index < -0.39 is 11.6 Å². The Balaban J connectivity index is 2.54. The van der Waals surface area contributed by atoms with Gasteiger partial charge in [0.25, 0.3) is 0 Å². The number of nitrogens with two attached hydrogens (primary N) is 1. The summed E-state index contributed by atoms with van der Waals surface area (Å²) in [5.74, 6) is -0.944. The molecule has 0 spiro atoms. The number of aromatic nitrogens is 1. The summed E-state index contributed by atoms with van der Waals surface area (Å²) < 4.78 is 25.8. The maximum Gasteiger partial charge on any atom is 0.126 e. The maximum atomic E-state index is 12.9. The van der Waals surface area contributed by atoms with Crippen molar-refractivity contribution in [3.05, 3.63) is 48.0 Å². The smallest absolute Gasteiger partial charge is 0.126 e. The Labute approximate surface area is 85.4 Å². The molecular formula is C11H8F2N2. The van der Waals surface area contributed by atoms with Gasteiger partial charge in [-0.25, -0.2) is 13.8 Å². The Morgan fingerprint density at radius 3 is 2.27 bits per heavy atom. The van der Waals surface area contributed by atoms with Crippen molar-refractivity contribution in [1.82, 2.24) is 4.98 Å². The second-order valence-corrected chi connectivity index (χ2v) is 3.11. The summed E-state index contributed by atoms with van der Waals surface area (Å²) in [6, 6.07) is 8.18. The molecule has 2 aromatic rings. The van der Waals surface area contributed by atoms with Crippen LogP contribution in [0, 0.1) is 11.6 Å². The largest absolute Gasteiger partial charge is 0.384 e. The van der Waals surface area contributed by atoms with E-state index in [1.54, 1.807) is 18.2 Å². The minimum Gasteiger partial charge on any atom is -0.384 e. The minimum absolute atomic E-state index is 0.317. The van der Waals surface area contributed by atoms with Crippen molar-refractivity contribution in [3.8, 4) is 11.3 Å². The second kappa shape index (κ2) is 3.65. The van der Waals surface area contributed by atoms with Crippen LogP contribution in [0.4, 0.5) is 14.6 Å². The van der Waals surface area contributed by atoms with Crippen molar-refractivity contribution in [1.29, 1.82) is 0 Å². The van der Waals surface area contributed by atoms with E-state index in [4.69, 9.17) is 5.73 Å². The molecule has 0 saturated carbocycles. The van der Waals surface area contributed by atoms with Crippen molar-refractivity contribution >= 4 is 5.82 Å². The first-order valence-electron chi connectivity index (χ1n) is 4.34. The molecule has 0 aliphatic carbocycles.